The van der Waals surface area contributed by atoms with Crippen LogP contribution >= 0.6 is 11.8 Å². The van der Waals surface area contributed by atoms with E-state index in [0.29, 0.717) is 11.2 Å². The summed E-state index contributed by atoms with van der Waals surface area (Å²) in [4.78, 5) is 12.7. The van der Waals surface area contributed by atoms with Crippen LogP contribution < -0.4 is 4.90 Å². The van der Waals surface area contributed by atoms with Crippen LogP contribution in [0.2, 0.25) is 0 Å². The maximum Gasteiger partial charge on any atom is 0.313 e. The average Bonchev–Trinajstić information content (AvgIpc) is 2.78. The topological polar surface area (TPSA) is 71.2 Å². The van der Waals surface area contributed by atoms with E-state index in [1.807, 2.05) is 18.5 Å². The summed E-state index contributed by atoms with van der Waals surface area (Å²) in [5, 5.41) is 17.7. The lowest BCUT2D eigenvalue weighted by Gasteiger charge is -2.25. The second-order valence-corrected chi connectivity index (χ2v) is 5.40. The Morgan fingerprint density at radius 1 is 1.47 bits per heavy atom. The smallest absolute Gasteiger partial charge is 0.313 e. The lowest BCUT2D eigenvalue weighted by molar-refractivity contribution is -0.133. The van der Waals surface area contributed by atoms with E-state index in [4.69, 9.17) is 5.11 Å². The largest absolute Gasteiger partial charge is 0.481 e. The highest BCUT2D eigenvalue weighted by molar-refractivity contribution is 7.99. The van der Waals surface area contributed by atoms with Crippen molar-refractivity contribution in [1.29, 1.82) is 0 Å². The van der Waals surface area contributed by atoms with E-state index in [9.17, 15) is 4.79 Å². The van der Waals surface area contributed by atoms with Gasteiger partial charge in [-0.25, -0.2) is 0 Å². The molecule has 0 amide bonds. The van der Waals surface area contributed by atoms with Crippen LogP contribution in [0.25, 0.3) is 0 Å². The first-order chi connectivity index (χ1) is 9.01. The van der Waals surface area contributed by atoms with Crippen molar-refractivity contribution < 1.29 is 9.90 Å². The maximum absolute atomic E-state index is 10.6. The molecule has 6 nitrogen and oxygen atoms in total. The fourth-order valence-electron chi connectivity index (χ4n) is 1.86. The van der Waals surface area contributed by atoms with Crippen LogP contribution in [0.3, 0.4) is 0 Å². The van der Waals surface area contributed by atoms with E-state index in [1.54, 1.807) is 0 Å². The fourth-order valence-corrected chi connectivity index (χ4v) is 2.58. The lowest BCUT2D eigenvalue weighted by Crippen LogP contribution is -2.31. The molecule has 0 radical (unpaired) electrons. The van der Waals surface area contributed by atoms with Crippen molar-refractivity contribution in [3.05, 3.63) is 0 Å². The number of aromatic nitrogens is 3. The third-order valence-electron chi connectivity index (χ3n) is 3.02. The minimum absolute atomic E-state index is 0.00631. The molecule has 0 saturated carbocycles. The number of hydrogen-bond acceptors (Lipinski definition) is 5. The molecule has 0 spiro atoms. The predicted octanol–water partition coefficient (Wildman–Crippen LogP) is 2.10. The molecule has 0 aliphatic rings. The SMILES string of the molecule is CCCC(C)N(C)c1nnc(SCC(=O)O)n1CC. The summed E-state index contributed by atoms with van der Waals surface area (Å²) < 4.78 is 1.96. The minimum atomic E-state index is -0.843. The molecular formula is C12H22N4O2S. The molecule has 7 heteroatoms. The zero-order valence-electron chi connectivity index (χ0n) is 12.0. The maximum atomic E-state index is 10.6. The molecule has 0 aromatic carbocycles. The first kappa shape index (κ1) is 15.8. The molecule has 1 aromatic heterocycles. The summed E-state index contributed by atoms with van der Waals surface area (Å²) in [6, 6.07) is 0.386. The van der Waals surface area contributed by atoms with Crippen molar-refractivity contribution >= 4 is 23.7 Å². The van der Waals surface area contributed by atoms with E-state index in [1.165, 1.54) is 11.8 Å². The molecule has 0 saturated heterocycles. The zero-order valence-corrected chi connectivity index (χ0v) is 12.8. The van der Waals surface area contributed by atoms with Gasteiger partial charge in [0.1, 0.15) is 0 Å². The van der Waals surface area contributed by atoms with Crippen LogP contribution in [-0.2, 0) is 11.3 Å². The molecule has 0 bridgehead atoms. The van der Waals surface area contributed by atoms with Crippen LogP contribution in [-0.4, -0.2) is 44.7 Å². The van der Waals surface area contributed by atoms with Gasteiger partial charge in [-0.3, -0.25) is 9.36 Å². The van der Waals surface area contributed by atoms with Gasteiger partial charge in [-0.2, -0.15) is 0 Å². The van der Waals surface area contributed by atoms with Gasteiger partial charge in [0.05, 0.1) is 5.75 Å². The van der Waals surface area contributed by atoms with Gasteiger partial charge in [-0.05, 0) is 20.3 Å². The molecule has 1 aromatic rings. The molecule has 1 heterocycles. The number of rotatable bonds is 8. The number of anilines is 1. The molecule has 19 heavy (non-hydrogen) atoms. The van der Waals surface area contributed by atoms with Crippen molar-refractivity contribution in [2.45, 2.75) is 51.4 Å². The van der Waals surface area contributed by atoms with Gasteiger partial charge in [-0.15, -0.1) is 10.2 Å². The van der Waals surface area contributed by atoms with Crippen molar-refractivity contribution in [1.82, 2.24) is 14.8 Å². The Bertz CT molecular complexity index is 422. The predicted molar refractivity (Wildman–Crippen MR) is 76.8 cm³/mol. The summed E-state index contributed by atoms with van der Waals surface area (Å²) in [6.07, 6.45) is 2.21. The highest BCUT2D eigenvalue weighted by Crippen LogP contribution is 2.23. The van der Waals surface area contributed by atoms with Crippen molar-refractivity contribution in [3.63, 3.8) is 0 Å². The molecule has 1 rings (SSSR count). The Balaban J connectivity index is 2.86. The molecule has 1 unspecified atom stereocenters. The number of nitrogens with zero attached hydrogens (tertiary/aromatic N) is 4. The number of carbonyl (C=O) groups is 1. The third-order valence-corrected chi connectivity index (χ3v) is 3.97. The summed E-state index contributed by atoms with van der Waals surface area (Å²) in [7, 11) is 2.00. The van der Waals surface area contributed by atoms with Gasteiger partial charge >= 0.3 is 5.97 Å². The summed E-state index contributed by atoms with van der Waals surface area (Å²) in [5.74, 6) is -0.0342. The first-order valence-electron chi connectivity index (χ1n) is 6.51. The van der Waals surface area contributed by atoms with Gasteiger partial charge < -0.3 is 10.0 Å². The van der Waals surface area contributed by atoms with Crippen molar-refractivity contribution in [2.75, 3.05) is 17.7 Å². The number of hydrogen-bond donors (Lipinski definition) is 1. The lowest BCUT2D eigenvalue weighted by atomic mass is 10.2. The quantitative estimate of drug-likeness (QED) is 0.738. The molecule has 1 N–H and O–H groups in total. The van der Waals surface area contributed by atoms with Gasteiger partial charge in [0.25, 0.3) is 0 Å². The Morgan fingerprint density at radius 3 is 2.68 bits per heavy atom. The molecule has 0 fully saturated rings. The van der Waals surface area contributed by atoms with E-state index < -0.39 is 5.97 Å². The molecule has 0 aliphatic carbocycles. The summed E-state index contributed by atoms with van der Waals surface area (Å²) in [5.41, 5.74) is 0. The fraction of sp³-hybridized carbons (Fsp3) is 0.750. The van der Waals surface area contributed by atoms with Gasteiger partial charge in [0.15, 0.2) is 5.16 Å². The highest BCUT2D eigenvalue weighted by atomic mass is 32.2. The number of carboxylic acids is 1. The molecular weight excluding hydrogens is 264 g/mol. The van der Waals surface area contributed by atoms with Crippen LogP contribution in [0, 0.1) is 0 Å². The second-order valence-electron chi connectivity index (χ2n) is 4.46. The first-order valence-corrected chi connectivity index (χ1v) is 7.50. The van der Waals surface area contributed by atoms with E-state index in [2.05, 4.69) is 28.9 Å². The van der Waals surface area contributed by atoms with Crippen LogP contribution in [0.5, 0.6) is 0 Å². The van der Waals surface area contributed by atoms with Crippen molar-refractivity contribution in [2.24, 2.45) is 0 Å². The van der Waals surface area contributed by atoms with Gasteiger partial charge in [-0.1, -0.05) is 25.1 Å². The van der Waals surface area contributed by atoms with Gasteiger partial charge in [0, 0.05) is 19.6 Å². The zero-order chi connectivity index (χ0) is 14.4. The Morgan fingerprint density at radius 2 is 2.16 bits per heavy atom. The standard InChI is InChI=1S/C12H22N4O2S/c1-5-7-9(3)15(4)11-13-14-12(16(11)6-2)19-8-10(17)18/h9H,5-8H2,1-4H3,(H,17,18). The Kier molecular flexibility index (Phi) is 6.14. The van der Waals surface area contributed by atoms with E-state index in [-0.39, 0.29) is 5.75 Å². The van der Waals surface area contributed by atoms with E-state index >= 15 is 0 Å². The monoisotopic (exact) mass is 286 g/mol. The summed E-state index contributed by atoms with van der Waals surface area (Å²) in [6.45, 7) is 7.05. The number of thioether (sulfide) groups is 1. The van der Waals surface area contributed by atoms with Crippen LogP contribution in [0.15, 0.2) is 5.16 Å². The summed E-state index contributed by atoms with van der Waals surface area (Å²) >= 11 is 1.21. The minimum Gasteiger partial charge on any atom is -0.481 e. The van der Waals surface area contributed by atoms with Gasteiger partial charge in [0.2, 0.25) is 5.95 Å². The normalized spacial score (nSPS) is 12.4. The number of aliphatic carboxylic acids is 1. The molecule has 1 atom stereocenters. The highest BCUT2D eigenvalue weighted by Gasteiger charge is 2.18. The second kappa shape index (κ2) is 7.37. The number of carboxylic acid groups (broad SMARTS) is 1. The molecule has 0 aliphatic heterocycles. The molecule has 108 valence electrons. The third kappa shape index (κ3) is 4.12. The van der Waals surface area contributed by atoms with E-state index in [0.717, 1.165) is 25.3 Å². The van der Waals surface area contributed by atoms with Crippen LogP contribution in [0.1, 0.15) is 33.6 Å². The van der Waals surface area contributed by atoms with Crippen molar-refractivity contribution in [3.8, 4) is 0 Å². The average molecular weight is 286 g/mol. The van der Waals surface area contributed by atoms with Crippen LogP contribution in [0.4, 0.5) is 5.95 Å². The Hall–Kier alpha value is -1.24. The Labute approximate surface area is 118 Å².